The van der Waals surface area contributed by atoms with Gasteiger partial charge in [-0.05, 0) is 59.4 Å². The first kappa shape index (κ1) is 27.4. The molecule has 208 valence electrons. The minimum atomic E-state index is -0.618. The molecular formula is C33H42N2O4. The Morgan fingerprint density at radius 2 is 1.82 bits per heavy atom. The van der Waals surface area contributed by atoms with Gasteiger partial charge in [-0.3, -0.25) is 9.69 Å². The van der Waals surface area contributed by atoms with E-state index in [1.807, 2.05) is 11.0 Å². The molecule has 4 atom stereocenters. The van der Waals surface area contributed by atoms with E-state index in [0.29, 0.717) is 18.0 Å². The Morgan fingerprint density at radius 1 is 1.10 bits per heavy atom. The summed E-state index contributed by atoms with van der Waals surface area (Å²) in [4.78, 5) is 31.9. The van der Waals surface area contributed by atoms with Crippen molar-refractivity contribution in [2.24, 2.45) is 11.8 Å². The molecule has 0 radical (unpaired) electrons. The predicted octanol–water partition coefficient (Wildman–Crippen LogP) is 5.59. The number of rotatable bonds is 6. The molecule has 3 aliphatic rings. The molecule has 6 heteroatoms. The van der Waals surface area contributed by atoms with Crippen LogP contribution in [0.1, 0.15) is 63.6 Å². The van der Waals surface area contributed by atoms with E-state index in [2.05, 4.69) is 75.1 Å². The average molecular weight is 531 g/mol. The highest BCUT2D eigenvalue weighted by Gasteiger charge is 2.62. The van der Waals surface area contributed by atoms with Crippen LogP contribution in [0.5, 0.6) is 0 Å². The number of hydrogen-bond acceptors (Lipinski definition) is 5. The lowest BCUT2D eigenvalue weighted by Gasteiger charge is -2.45. The van der Waals surface area contributed by atoms with Crippen molar-refractivity contribution in [3.05, 3.63) is 77.1 Å². The van der Waals surface area contributed by atoms with Crippen LogP contribution in [0.25, 0.3) is 0 Å². The third-order valence-corrected chi connectivity index (χ3v) is 9.37. The quantitative estimate of drug-likeness (QED) is 0.277. The number of esters is 1. The summed E-state index contributed by atoms with van der Waals surface area (Å²) < 4.78 is 10.5. The second-order valence-corrected chi connectivity index (χ2v) is 12.4. The standard InChI is InChI=1S/C33H42N2O4/c1-7-23-20-34-17-16-33(29(34)18-25(23)26(21-38-5)30(36)39-6)27-10-8-9-11-28(27)35(31(33)37)19-22-12-14-24(15-13-22)32(2,3)4/h8-15,21,23,25,29H,7,16-20H2,1-6H3/b26-21+/t23-,25-,29?,33+/m0/s1. The molecule has 1 spiro atoms. The summed E-state index contributed by atoms with van der Waals surface area (Å²) >= 11 is 0. The number of ether oxygens (including phenoxy) is 2. The van der Waals surface area contributed by atoms with E-state index in [1.54, 1.807) is 13.4 Å². The zero-order chi connectivity index (χ0) is 27.9. The number of carbonyl (C=O) groups excluding carboxylic acids is 2. The zero-order valence-electron chi connectivity index (χ0n) is 24.2. The number of carbonyl (C=O) groups is 2. The summed E-state index contributed by atoms with van der Waals surface area (Å²) in [5.41, 5.74) is 4.58. The molecule has 0 N–H and O–H groups in total. The molecule has 3 aliphatic heterocycles. The average Bonchev–Trinajstić information content (AvgIpc) is 3.42. The maximum atomic E-state index is 14.6. The Hall–Kier alpha value is -3.12. The first-order valence-electron chi connectivity index (χ1n) is 14.2. The largest absolute Gasteiger partial charge is 0.504 e. The summed E-state index contributed by atoms with van der Waals surface area (Å²) in [5, 5.41) is 0. The molecule has 2 saturated heterocycles. The van der Waals surface area contributed by atoms with Gasteiger partial charge in [-0.25, -0.2) is 4.79 Å². The van der Waals surface area contributed by atoms with Crippen LogP contribution in [0.2, 0.25) is 0 Å². The van der Waals surface area contributed by atoms with Gasteiger partial charge in [0.25, 0.3) is 0 Å². The Balaban J connectivity index is 1.51. The van der Waals surface area contributed by atoms with Crippen LogP contribution in [0.4, 0.5) is 5.69 Å². The fourth-order valence-electron chi connectivity index (χ4n) is 7.28. The van der Waals surface area contributed by atoms with Gasteiger partial charge < -0.3 is 14.4 Å². The number of benzene rings is 2. The first-order chi connectivity index (χ1) is 18.6. The molecule has 0 bridgehead atoms. The molecule has 6 nitrogen and oxygen atoms in total. The van der Waals surface area contributed by atoms with Crippen LogP contribution >= 0.6 is 0 Å². The molecule has 2 aromatic carbocycles. The number of anilines is 1. The third kappa shape index (κ3) is 4.57. The van der Waals surface area contributed by atoms with Crippen LogP contribution in [0.3, 0.4) is 0 Å². The van der Waals surface area contributed by atoms with Gasteiger partial charge in [-0.15, -0.1) is 0 Å². The second kappa shape index (κ2) is 10.5. The number of amides is 1. The highest BCUT2D eigenvalue weighted by molar-refractivity contribution is 6.09. The number of nitrogens with zero attached hydrogens (tertiary/aromatic N) is 2. The van der Waals surface area contributed by atoms with Crippen LogP contribution in [-0.2, 0) is 36.4 Å². The summed E-state index contributed by atoms with van der Waals surface area (Å²) in [6.45, 7) is 11.1. The van der Waals surface area contributed by atoms with Crippen LogP contribution < -0.4 is 4.90 Å². The highest BCUT2D eigenvalue weighted by Crippen LogP contribution is 2.55. The first-order valence-corrected chi connectivity index (χ1v) is 14.2. The highest BCUT2D eigenvalue weighted by atomic mass is 16.5. The summed E-state index contributed by atoms with van der Waals surface area (Å²) in [6, 6.07) is 17.0. The van der Waals surface area contributed by atoms with Crippen molar-refractivity contribution in [3.63, 3.8) is 0 Å². The van der Waals surface area contributed by atoms with E-state index in [4.69, 9.17) is 9.47 Å². The topological polar surface area (TPSA) is 59.1 Å². The Labute approximate surface area is 233 Å². The summed E-state index contributed by atoms with van der Waals surface area (Å²) in [6.07, 6.45) is 4.00. The van der Waals surface area contributed by atoms with Crippen molar-refractivity contribution < 1.29 is 19.1 Å². The van der Waals surface area contributed by atoms with Crippen molar-refractivity contribution in [1.82, 2.24) is 4.90 Å². The van der Waals surface area contributed by atoms with Crippen LogP contribution in [0, 0.1) is 11.8 Å². The fourth-order valence-corrected chi connectivity index (χ4v) is 7.28. The van der Waals surface area contributed by atoms with Gasteiger partial charge in [0.2, 0.25) is 5.91 Å². The van der Waals surface area contributed by atoms with Crippen molar-refractivity contribution in [3.8, 4) is 0 Å². The lowest BCUT2D eigenvalue weighted by atomic mass is 9.67. The van der Waals surface area contributed by atoms with Gasteiger partial charge >= 0.3 is 5.97 Å². The molecular weight excluding hydrogens is 488 g/mol. The monoisotopic (exact) mass is 530 g/mol. The zero-order valence-corrected chi connectivity index (χ0v) is 24.2. The molecule has 1 amide bonds. The minimum Gasteiger partial charge on any atom is -0.504 e. The van der Waals surface area contributed by atoms with Crippen molar-refractivity contribution >= 4 is 17.6 Å². The number of methoxy groups -OCH3 is 2. The number of fused-ring (bicyclic) bond motifs is 4. The van der Waals surface area contributed by atoms with Gasteiger partial charge in [0, 0.05) is 18.3 Å². The Kier molecular flexibility index (Phi) is 7.36. The Bertz CT molecular complexity index is 1260. The molecule has 5 rings (SSSR count). The van der Waals surface area contributed by atoms with Crippen LogP contribution in [-0.4, -0.2) is 50.1 Å². The lowest BCUT2D eigenvalue weighted by molar-refractivity contribution is -0.137. The van der Waals surface area contributed by atoms with Crippen molar-refractivity contribution in [2.75, 3.05) is 32.2 Å². The van der Waals surface area contributed by atoms with E-state index >= 15 is 0 Å². The number of piperidine rings is 1. The normalized spacial score (nSPS) is 27.0. The van der Waals surface area contributed by atoms with Gasteiger partial charge in [-0.1, -0.05) is 76.6 Å². The van der Waals surface area contributed by atoms with Gasteiger partial charge in [0.1, 0.15) is 0 Å². The van der Waals surface area contributed by atoms with Crippen molar-refractivity contribution in [1.29, 1.82) is 0 Å². The smallest absolute Gasteiger partial charge is 0.337 e. The maximum Gasteiger partial charge on any atom is 0.337 e. The summed E-state index contributed by atoms with van der Waals surface area (Å²) in [5.74, 6) is 0.0954. The SMILES string of the molecule is CC[C@H]1CN2CC[C@]3(C(=O)N(Cc4ccc(C(C)(C)C)cc4)c4ccccc43)C2C[C@@H]1/C(=C\OC)C(=O)OC. The van der Waals surface area contributed by atoms with Gasteiger partial charge in [-0.2, -0.15) is 0 Å². The van der Waals surface area contributed by atoms with E-state index in [0.717, 1.165) is 49.2 Å². The fraction of sp³-hybridized carbons (Fsp3) is 0.515. The second-order valence-electron chi connectivity index (χ2n) is 12.4. The van der Waals surface area contributed by atoms with Gasteiger partial charge in [0.15, 0.2) is 0 Å². The number of para-hydroxylation sites is 1. The van der Waals surface area contributed by atoms with E-state index in [-0.39, 0.29) is 29.3 Å². The molecule has 0 saturated carbocycles. The molecule has 0 aliphatic carbocycles. The number of hydrogen-bond donors (Lipinski definition) is 0. The summed E-state index contributed by atoms with van der Waals surface area (Å²) in [7, 11) is 2.99. The molecule has 1 unspecified atom stereocenters. The van der Waals surface area contributed by atoms with E-state index < -0.39 is 5.41 Å². The van der Waals surface area contributed by atoms with Gasteiger partial charge in [0.05, 0.1) is 38.0 Å². The minimum absolute atomic E-state index is 0.0112. The van der Waals surface area contributed by atoms with Crippen LogP contribution in [0.15, 0.2) is 60.4 Å². The molecule has 2 aromatic rings. The predicted molar refractivity (Wildman–Crippen MR) is 153 cm³/mol. The maximum absolute atomic E-state index is 14.6. The van der Waals surface area contributed by atoms with E-state index in [9.17, 15) is 9.59 Å². The molecule has 2 fully saturated rings. The lowest BCUT2D eigenvalue weighted by Crippen LogP contribution is -2.54. The molecule has 0 aromatic heterocycles. The third-order valence-electron chi connectivity index (χ3n) is 9.37. The Morgan fingerprint density at radius 3 is 2.46 bits per heavy atom. The van der Waals surface area contributed by atoms with E-state index in [1.165, 1.54) is 12.7 Å². The molecule has 3 heterocycles. The van der Waals surface area contributed by atoms with Crippen molar-refractivity contribution in [2.45, 2.75) is 70.4 Å². The molecule has 39 heavy (non-hydrogen) atoms.